The van der Waals surface area contributed by atoms with E-state index >= 15 is 0 Å². The van der Waals surface area contributed by atoms with E-state index in [-0.39, 0.29) is 5.91 Å². The molecule has 0 unspecified atom stereocenters. The smallest absolute Gasteiger partial charge is 0.274 e. The van der Waals surface area contributed by atoms with Gasteiger partial charge < -0.3 is 14.5 Å². The molecule has 0 atom stereocenters. The van der Waals surface area contributed by atoms with Crippen molar-refractivity contribution in [2.24, 2.45) is 7.05 Å². The summed E-state index contributed by atoms with van der Waals surface area (Å²) in [6.45, 7) is 0. The van der Waals surface area contributed by atoms with Gasteiger partial charge in [0.2, 0.25) is 0 Å². The Bertz CT molecular complexity index is 1520. The number of hydrogen-bond donors (Lipinski definition) is 1. The van der Waals surface area contributed by atoms with Crippen molar-refractivity contribution in [1.82, 2.24) is 29.3 Å². The molecule has 1 saturated carbocycles. The summed E-state index contributed by atoms with van der Waals surface area (Å²) < 4.78 is 4.12. The fraction of sp³-hybridized carbons (Fsp3) is 0.148. The zero-order valence-electron chi connectivity index (χ0n) is 19.2. The van der Waals surface area contributed by atoms with Gasteiger partial charge in [0.25, 0.3) is 5.91 Å². The average molecular weight is 462 g/mol. The summed E-state index contributed by atoms with van der Waals surface area (Å²) in [6, 6.07) is 21.8. The average Bonchev–Trinajstić information content (AvgIpc) is 3.49. The van der Waals surface area contributed by atoms with E-state index in [1.54, 1.807) is 18.6 Å². The van der Waals surface area contributed by atoms with E-state index in [9.17, 15) is 4.79 Å². The zero-order chi connectivity index (χ0) is 23.8. The van der Waals surface area contributed by atoms with Crippen LogP contribution >= 0.6 is 0 Å². The molecule has 0 aliphatic heterocycles. The second kappa shape index (κ2) is 8.64. The minimum Gasteiger partial charge on any atom is -0.327 e. The molecule has 2 aromatic carbocycles. The van der Waals surface area contributed by atoms with Gasteiger partial charge in [-0.1, -0.05) is 42.5 Å². The summed E-state index contributed by atoms with van der Waals surface area (Å²) >= 11 is 0. The third kappa shape index (κ3) is 4.10. The lowest BCUT2D eigenvalue weighted by Gasteiger charge is -2.10. The first kappa shape index (κ1) is 21.0. The normalized spacial score (nSPS) is 13.1. The highest BCUT2D eigenvalue weighted by Gasteiger charge is 2.26. The van der Waals surface area contributed by atoms with Gasteiger partial charge in [0.15, 0.2) is 5.82 Å². The van der Waals surface area contributed by atoms with E-state index < -0.39 is 0 Å². The molecule has 3 heterocycles. The van der Waals surface area contributed by atoms with Crippen LogP contribution in [0.4, 0.5) is 5.69 Å². The van der Waals surface area contributed by atoms with Gasteiger partial charge in [-0.05, 0) is 37.1 Å². The number of imidazole rings is 1. The number of aromatic nitrogens is 6. The van der Waals surface area contributed by atoms with E-state index in [2.05, 4.69) is 30.0 Å². The number of carbonyl (C=O) groups is 1. The molecule has 35 heavy (non-hydrogen) atoms. The number of nitrogens with one attached hydrogen (secondary N) is 1. The molecule has 3 aromatic heterocycles. The number of amides is 1. The molecule has 1 aliphatic rings. The molecule has 1 fully saturated rings. The Labute approximate surface area is 202 Å². The van der Waals surface area contributed by atoms with Crippen LogP contribution in [0.5, 0.6) is 0 Å². The van der Waals surface area contributed by atoms with Gasteiger partial charge in [0.05, 0.1) is 11.9 Å². The highest BCUT2D eigenvalue weighted by atomic mass is 16.1. The maximum Gasteiger partial charge on any atom is 0.274 e. The van der Waals surface area contributed by atoms with Gasteiger partial charge in [0.1, 0.15) is 17.8 Å². The van der Waals surface area contributed by atoms with Crippen LogP contribution in [-0.2, 0) is 7.05 Å². The van der Waals surface area contributed by atoms with E-state index in [1.807, 2.05) is 78.5 Å². The molecule has 0 bridgehead atoms. The van der Waals surface area contributed by atoms with Crippen LogP contribution in [-0.4, -0.2) is 35.2 Å². The van der Waals surface area contributed by atoms with Gasteiger partial charge in [-0.25, -0.2) is 4.98 Å². The number of pyridine rings is 1. The molecular formula is C27H23N7O. The molecule has 1 amide bonds. The van der Waals surface area contributed by atoms with Crippen molar-refractivity contribution in [3.63, 3.8) is 0 Å². The number of rotatable bonds is 6. The van der Waals surface area contributed by atoms with Gasteiger partial charge in [-0.3, -0.25) is 9.78 Å². The molecule has 8 nitrogen and oxygen atoms in total. The Hall–Kier alpha value is -4.59. The second-order valence-electron chi connectivity index (χ2n) is 8.65. The van der Waals surface area contributed by atoms with Gasteiger partial charge in [-0.15, -0.1) is 10.2 Å². The first-order chi connectivity index (χ1) is 17.2. The Morgan fingerprint density at radius 2 is 1.74 bits per heavy atom. The van der Waals surface area contributed by atoms with Crippen LogP contribution in [0.1, 0.15) is 29.4 Å². The predicted octanol–water partition coefficient (Wildman–Crippen LogP) is 4.99. The van der Waals surface area contributed by atoms with E-state index in [4.69, 9.17) is 0 Å². The molecule has 8 heteroatoms. The Morgan fingerprint density at radius 3 is 2.57 bits per heavy atom. The van der Waals surface area contributed by atoms with Crippen molar-refractivity contribution >= 4 is 11.6 Å². The molecule has 172 valence electrons. The van der Waals surface area contributed by atoms with Gasteiger partial charge >= 0.3 is 0 Å². The van der Waals surface area contributed by atoms with Crippen LogP contribution < -0.4 is 5.32 Å². The van der Waals surface area contributed by atoms with Crippen molar-refractivity contribution < 1.29 is 4.79 Å². The van der Waals surface area contributed by atoms with Crippen molar-refractivity contribution in [3.05, 3.63) is 91.1 Å². The largest absolute Gasteiger partial charge is 0.327 e. The number of nitrogens with zero attached hydrogens (tertiary/aromatic N) is 6. The van der Waals surface area contributed by atoms with Crippen LogP contribution in [0.25, 0.3) is 34.0 Å². The highest BCUT2D eigenvalue weighted by Crippen LogP contribution is 2.37. The molecule has 1 N–H and O–H groups in total. The summed E-state index contributed by atoms with van der Waals surface area (Å²) in [5, 5.41) is 11.3. The summed E-state index contributed by atoms with van der Waals surface area (Å²) in [4.78, 5) is 22.0. The molecule has 5 aromatic rings. The minimum absolute atomic E-state index is 0.280. The first-order valence-corrected chi connectivity index (χ1v) is 11.5. The Morgan fingerprint density at radius 1 is 0.914 bits per heavy atom. The van der Waals surface area contributed by atoms with Crippen molar-refractivity contribution in [2.75, 3.05) is 5.32 Å². The van der Waals surface area contributed by atoms with Crippen LogP contribution in [0.3, 0.4) is 0 Å². The number of benzene rings is 2. The van der Waals surface area contributed by atoms with Crippen LogP contribution in [0.15, 0.2) is 85.5 Å². The zero-order valence-corrected chi connectivity index (χ0v) is 19.2. The highest BCUT2D eigenvalue weighted by molar-refractivity contribution is 6.03. The van der Waals surface area contributed by atoms with Crippen molar-refractivity contribution in [2.45, 2.75) is 18.9 Å². The molecule has 6 rings (SSSR count). The fourth-order valence-electron chi connectivity index (χ4n) is 4.25. The molecule has 0 radical (unpaired) electrons. The first-order valence-electron chi connectivity index (χ1n) is 11.5. The molecule has 1 aliphatic carbocycles. The van der Waals surface area contributed by atoms with Crippen molar-refractivity contribution in [3.8, 4) is 34.0 Å². The molecular weight excluding hydrogens is 438 g/mol. The van der Waals surface area contributed by atoms with Gasteiger partial charge in [-0.2, -0.15) is 0 Å². The summed E-state index contributed by atoms with van der Waals surface area (Å²) in [6.07, 6.45) is 7.53. The van der Waals surface area contributed by atoms with Gasteiger partial charge in [0, 0.05) is 41.7 Å². The maximum atomic E-state index is 13.1. The second-order valence-corrected chi connectivity index (χ2v) is 8.65. The van der Waals surface area contributed by atoms with E-state index in [0.29, 0.717) is 17.4 Å². The summed E-state index contributed by atoms with van der Waals surface area (Å²) in [7, 11) is 1.97. The predicted molar refractivity (Wildman–Crippen MR) is 134 cm³/mol. The Kier molecular flexibility index (Phi) is 5.18. The fourth-order valence-corrected chi connectivity index (χ4v) is 4.25. The maximum absolute atomic E-state index is 13.1. The molecule has 0 saturated heterocycles. The van der Waals surface area contributed by atoms with Crippen LogP contribution in [0.2, 0.25) is 0 Å². The van der Waals surface area contributed by atoms with E-state index in [0.717, 1.165) is 46.9 Å². The standard InChI is InChI=1S/C27H23N7O/c1-33-24(16-29-25(33)18-6-3-2-4-7-18)19-12-13-28-23(15-19)27(35)31-21-9-5-8-20(14-21)26-32-30-17-34(26)22-10-11-22/h2-9,12-17,22H,10-11H2,1H3,(H,31,35). The topological polar surface area (TPSA) is 90.5 Å². The molecule has 0 spiro atoms. The minimum atomic E-state index is -0.280. The van der Waals surface area contributed by atoms with Crippen molar-refractivity contribution in [1.29, 1.82) is 0 Å². The summed E-state index contributed by atoms with van der Waals surface area (Å²) in [5.41, 5.74) is 4.73. The third-order valence-electron chi connectivity index (χ3n) is 6.20. The lowest BCUT2D eigenvalue weighted by atomic mass is 10.1. The van der Waals surface area contributed by atoms with E-state index in [1.165, 1.54) is 0 Å². The SMILES string of the molecule is Cn1c(-c2ccnc(C(=O)Nc3cccc(-c4nncn4C4CC4)c3)c2)cnc1-c1ccccc1. The number of anilines is 1. The third-order valence-corrected chi connectivity index (χ3v) is 6.20. The monoisotopic (exact) mass is 461 g/mol. The Balaban J connectivity index is 1.24. The summed E-state index contributed by atoms with van der Waals surface area (Å²) in [5.74, 6) is 1.39. The number of carbonyl (C=O) groups excluding carboxylic acids is 1. The number of hydrogen-bond acceptors (Lipinski definition) is 5. The lowest BCUT2D eigenvalue weighted by Crippen LogP contribution is -2.14. The quantitative estimate of drug-likeness (QED) is 0.385. The lowest BCUT2D eigenvalue weighted by molar-refractivity contribution is 0.102. The van der Waals surface area contributed by atoms with Crippen LogP contribution in [0, 0.1) is 0 Å².